The van der Waals surface area contributed by atoms with Crippen LogP contribution >= 0.6 is 11.6 Å². The van der Waals surface area contributed by atoms with Crippen molar-refractivity contribution < 1.29 is 4.39 Å². The van der Waals surface area contributed by atoms with E-state index in [2.05, 4.69) is 17.1 Å². The van der Waals surface area contributed by atoms with Gasteiger partial charge in [0.05, 0.1) is 0 Å². The van der Waals surface area contributed by atoms with Crippen LogP contribution in [0.2, 0.25) is 5.02 Å². The zero-order valence-corrected chi connectivity index (χ0v) is 11.7. The van der Waals surface area contributed by atoms with Gasteiger partial charge in [-0.1, -0.05) is 11.6 Å². The Hall–Kier alpha value is -0.640. The number of hydrogen-bond acceptors (Lipinski definition) is 2. The van der Waals surface area contributed by atoms with E-state index in [4.69, 9.17) is 11.6 Å². The first-order chi connectivity index (χ1) is 8.52. The van der Waals surface area contributed by atoms with Gasteiger partial charge in [-0.05, 0) is 45.0 Å². The van der Waals surface area contributed by atoms with Gasteiger partial charge in [0, 0.05) is 35.8 Å². The quantitative estimate of drug-likeness (QED) is 0.908. The second-order valence-corrected chi connectivity index (χ2v) is 5.76. The molecule has 100 valence electrons. The molecule has 1 fully saturated rings. The number of hydrogen-bond donors (Lipinski definition) is 1. The molecule has 1 heterocycles. The topological polar surface area (TPSA) is 15.3 Å². The van der Waals surface area contributed by atoms with Crippen LogP contribution in [0.5, 0.6) is 0 Å². The van der Waals surface area contributed by atoms with Gasteiger partial charge in [0.1, 0.15) is 5.82 Å². The molecule has 0 bridgehead atoms. The highest BCUT2D eigenvalue weighted by atomic mass is 35.5. The van der Waals surface area contributed by atoms with Crippen molar-refractivity contribution in [1.82, 2.24) is 10.2 Å². The second-order valence-electron chi connectivity index (χ2n) is 5.32. The summed E-state index contributed by atoms with van der Waals surface area (Å²) in [7, 11) is 2.01. The van der Waals surface area contributed by atoms with E-state index in [0.29, 0.717) is 17.1 Å². The Kier molecular flexibility index (Phi) is 4.25. The lowest BCUT2D eigenvalue weighted by atomic mass is 9.90. The third-order valence-electron chi connectivity index (χ3n) is 3.96. The lowest BCUT2D eigenvalue weighted by Gasteiger charge is -2.39. The molecule has 1 aromatic carbocycles. The predicted octanol–water partition coefficient (Wildman–Crippen LogP) is 3.05. The van der Waals surface area contributed by atoms with Gasteiger partial charge in [-0.2, -0.15) is 0 Å². The molecule has 2 rings (SSSR count). The van der Waals surface area contributed by atoms with Crippen LogP contribution in [0.3, 0.4) is 0 Å². The van der Waals surface area contributed by atoms with Crippen molar-refractivity contribution in [3.63, 3.8) is 0 Å². The van der Waals surface area contributed by atoms with E-state index in [1.54, 1.807) is 12.1 Å². The molecule has 0 unspecified atom stereocenters. The third-order valence-corrected chi connectivity index (χ3v) is 4.20. The number of likely N-dealkylation sites (tertiary alicyclic amines) is 1. The highest BCUT2D eigenvalue weighted by Crippen LogP contribution is 2.23. The SMILES string of the molecule is CNC1(C)CCN(Cc2cc(Cl)ccc2F)CC1. The van der Waals surface area contributed by atoms with E-state index in [0.717, 1.165) is 25.9 Å². The molecule has 0 amide bonds. The van der Waals surface area contributed by atoms with Crippen molar-refractivity contribution in [2.24, 2.45) is 0 Å². The summed E-state index contributed by atoms with van der Waals surface area (Å²) >= 11 is 5.91. The highest BCUT2D eigenvalue weighted by molar-refractivity contribution is 6.30. The molecule has 0 atom stereocenters. The van der Waals surface area contributed by atoms with Crippen molar-refractivity contribution in [2.45, 2.75) is 31.8 Å². The Labute approximate surface area is 113 Å². The fourth-order valence-electron chi connectivity index (χ4n) is 2.36. The number of halogens is 2. The maximum atomic E-state index is 13.6. The Morgan fingerprint density at radius 3 is 2.67 bits per heavy atom. The summed E-state index contributed by atoms with van der Waals surface area (Å²) in [6.45, 7) is 4.86. The molecule has 0 saturated carbocycles. The van der Waals surface area contributed by atoms with Crippen LogP contribution in [0.4, 0.5) is 4.39 Å². The third kappa shape index (κ3) is 3.22. The van der Waals surface area contributed by atoms with Crippen LogP contribution in [0, 0.1) is 5.82 Å². The smallest absolute Gasteiger partial charge is 0.127 e. The summed E-state index contributed by atoms with van der Waals surface area (Å²) in [6.07, 6.45) is 2.18. The Morgan fingerprint density at radius 2 is 2.06 bits per heavy atom. The summed E-state index contributed by atoms with van der Waals surface area (Å²) < 4.78 is 13.6. The molecule has 1 aliphatic heterocycles. The molecule has 0 spiro atoms. The van der Waals surface area contributed by atoms with E-state index >= 15 is 0 Å². The van der Waals surface area contributed by atoms with Crippen LogP contribution in [0.15, 0.2) is 18.2 Å². The standard InChI is InChI=1S/C14H20ClFN2/c1-14(17-2)5-7-18(8-6-14)10-11-9-12(15)3-4-13(11)16/h3-4,9,17H,5-8,10H2,1-2H3. The first-order valence-electron chi connectivity index (χ1n) is 6.38. The van der Waals surface area contributed by atoms with Crippen molar-refractivity contribution in [3.05, 3.63) is 34.6 Å². The number of piperidine rings is 1. The molecule has 2 nitrogen and oxygen atoms in total. The van der Waals surface area contributed by atoms with Crippen LogP contribution in [0.1, 0.15) is 25.3 Å². The normalized spacial score (nSPS) is 20.0. The first kappa shape index (κ1) is 13.8. The van der Waals surface area contributed by atoms with Gasteiger partial charge in [0.25, 0.3) is 0 Å². The second kappa shape index (κ2) is 5.55. The lowest BCUT2D eigenvalue weighted by Crippen LogP contribution is -2.49. The average Bonchev–Trinajstić information content (AvgIpc) is 2.37. The number of rotatable bonds is 3. The fourth-order valence-corrected chi connectivity index (χ4v) is 2.55. The molecule has 1 saturated heterocycles. The molecule has 18 heavy (non-hydrogen) atoms. The van der Waals surface area contributed by atoms with Crippen LogP contribution in [-0.4, -0.2) is 30.6 Å². The number of nitrogens with one attached hydrogen (secondary N) is 1. The van der Waals surface area contributed by atoms with Crippen LogP contribution in [-0.2, 0) is 6.54 Å². The Balaban J connectivity index is 1.97. The number of benzene rings is 1. The maximum absolute atomic E-state index is 13.6. The van der Waals surface area contributed by atoms with Crippen LogP contribution in [0.25, 0.3) is 0 Å². The summed E-state index contributed by atoms with van der Waals surface area (Å²) in [5.74, 6) is -0.165. The van der Waals surface area contributed by atoms with Gasteiger partial charge in [-0.15, -0.1) is 0 Å². The molecular formula is C14H20ClFN2. The van der Waals surface area contributed by atoms with E-state index in [1.165, 1.54) is 6.07 Å². The Morgan fingerprint density at radius 1 is 1.39 bits per heavy atom. The molecule has 4 heteroatoms. The minimum absolute atomic E-state index is 0.165. The van der Waals surface area contributed by atoms with E-state index in [1.807, 2.05) is 7.05 Å². The summed E-state index contributed by atoms with van der Waals surface area (Å²) in [4.78, 5) is 2.29. The van der Waals surface area contributed by atoms with E-state index in [-0.39, 0.29) is 11.4 Å². The van der Waals surface area contributed by atoms with Crippen LogP contribution < -0.4 is 5.32 Å². The number of nitrogens with zero attached hydrogens (tertiary/aromatic N) is 1. The molecule has 1 aromatic rings. The Bertz CT molecular complexity index is 414. The monoisotopic (exact) mass is 270 g/mol. The maximum Gasteiger partial charge on any atom is 0.127 e. The van der Waals surface area contributed by atoms with Crippen molar-refractivity contribution in [1.29, 1.82) is 0 Å². The summed E-state index contributed by atoms with van der Waals surface area (Å²) in [5.41, 5.74) is 0.916. The molecular weight excluding hydrogens is 251 g/mol. The molecule has 0 aromatic heterocycles. The highest BCUT2D eigenvalue weighted by Gasteiger charge is 2.28. The molecule has 1 aliphatic rings. The van der Waals surface area contributed by atoms with Crippen molar-refractivity contribution >= 4 is 11.6 Å². The largest absolute Gasteiger partial charge is 0.314 e. The zero-order chi connectivity index (χ0) is 13.2. The van der Waals surface area contributed by atoms with Gasteiger partial charge in [-0.25, -0.2) is 4.39 Å². The van der Waals surface area contributed by atoms with Gasteiger partial charge in [0.15, 0.2) is 0 Å². The van der Waals surface area contributed by atoms with Gasteiger partial charge < -0.3 is 5.32 Å². The minimum Gasteiger partial charge on any atom is -0.314 e. The van der Waals surface area contributed by atoms with E-state index in [9.17, 15) is 4.39 Å². The molecule has 0 aliphatic carbocycles. The van der Waals surface area contributed by atoms with Gasteiger partial charge in [0.2, 0.25) is 0 Å². The summed E-state index contributed by atoms with van der Waals surface area (Å²) in [6, 6.07) is 4.76. The molecule has 0 radical (unpaired) electrons. The lowest BCUT2D eigenvalue weighted by molar-refractivity contribution is 0.145. The first-order valence-corrected chi connectivity index (χ1v) is 6.75. The van der Waals surface area contributed by atoms with Crippen molar-refractivity contribution in [2.75, 3.05) is 20.1 Å². The average molecular weight is 271 g/mol. The van der Waals surface area contributed by atoms with Gasteiger partial charge in [-0.3, -0.25) is 4.90 Å². The summed E-state index contributed by atoms with van der Waals surface area (Å²) in [5, 5.41) is 3.96. The van der Waals surface area contributed by atoms with Crippen molar-refractivity contribution in [3.8, 4) is 0 Å². The predicted molar refractivity (Wildman–Crippen MR) is 73.4 cm³/mol. The molecule has 1 N–H and O–H groups in total. The van der Waals surface area contributed by atoms with Gasteiger partial charge >= 0.3 is 0 Å². The minimum atomic E-state index is -0.165. The fraction of sp³-hybridized carbons (Fsp3) is 0.571. The zero-order valence-electron chi connectivity index (χ0n) is 11.0. The van der Waals surface area contributed by atoms with E-state index < -0.39 is 0 Å².